The molecule has 3 aromatic heterocycles. The van der Waals surface area contributed by atoms with E-state index in [0.717, 1.165) is 6.42 Å². The van der Waals surface area contributed by atoms with E-state index >= 15 is 0 Å². The number of hydrogen-bond donors (Lipinski definition) is 2. The number of rotatable bonds is 6. The Hall–Kier alpha value is -3.65. The van der Waals surface area contributed by atoms with E-state index in [4.69, 9.17) is 5.26 Å². The molecule has 11 heteroatoms. The summed E-state index contributed by atoms with van der Waals surface area (Å²) in [7, 11) is 1.62. The number of halogens is 2. The minimum atomic E-state index is -0.576. The number of carbonyl (C=O) groups excluding carboxylic acids is 1. The Morgan fingerprint density at radius 1 is 1.40 bits per heavy atom. The van der Waals surface area contributed by atoms with Gasteiger partial charge >= 0.3 is 0 Å². The second kappa shape index (κ2) is 9.19. The molecule has 2 atom stereocenters. The third-order valence-electron chi connectivity index (χ3n) is 6.63. The van der Waals surface area contributed by atoms with Gasteiger partial charge in [0.2, 0.25) is 11.9 Å². The average Bonchev–Trinajstić information content (AvgIpc) is 3.43. The number of nitrogens with zero attached hydrogens (tertiary/aromatic N) is 6. The number of amides is 1. The van der Waals surface area contributed by atoms with Gasteiger partial charge in [-0.1, -0.05) is 6.07 Å². The molecule has 0 unspecified atom stereocenters. The first-order valence-corrected chi connectivity index (χ1v) is 12.0. The summed E-state index contributed by atoms with van der Waals surface area (Å²) >= 11 is 3.45. The molecule has 0 spiro atoms. The summed E-state index contributed by atoms with van der Waals surface area (Å²) < 4.78 is 16.8. The molecule has 0 bridgehead atoms. The third kappa shape index (κ3) is 4.18. The summed E-state index contributed by atoms with van der Waals surface area (Å²) in [5.74, 6) is -0.0885. The van der Waals surface area contributed by atoms with Gasteiger partial charge in [-0.2, -0.15) is 15.3 Å². The van der Waals surface area contributed by atoms with Gasteiger partial charge in [0.05, 0.1) is 22.6 Å². The largest absolute Gasteiger partial charge is 0.359 e. The SMILES string of the molecule is CNC(=O)[C@]1(CCC#N)CC[C@@H](Nc2ncc3c(Br)nn(-c4cc(F)c5ncccc5c4)c3n2)C1. The Morgan fingerprint density at radius 3 is 3.06 bits per heavy atom. The van der Waals surface area contributed by atoms with Gasteiger partial charge in [-0.3, -0.25) is 9.78 Å². The number of fused-ring (bicyclic) bond motifs is 2. The molecule has 0 aliphatic heterocycles. The fraction of sp³-hybridized carbons (Fsp3) is 0.333. The smallest absolute Gasteiger partial charge is 0.226 e. The van der Waals surface area contributed by atoms with Crippen LogP contribution >= 0.6 is 15.9 Å². The molecule has 0 saturated heterocycles. The molecule has 1 aromatic carbocycles. The predicted molar refractivity (Wildman–Crippen MR) is 132 cm³/mol. The van der Waals surface area contributed by atoms with Crippen molar-refractivity contribution in [3.8, 4) is 11.8 Å². The maximum atomic E-state index is 14.7. The van der Waals surface area contributed by atoms with E-state index < -0.39 is 11.2 Å². The van der Waals surface area contributed by atoms with E-state index in [9.17, 15) is 9.18 Å². The molecule has 5 rings (SSSR count). The van der Waals surface area contributed by atoms with E-state index in [0.29, 0.717) is 63.9 Å². The molecule has 178 valence electrons. The molecule has 35 heavy (non-hydrogen) atoms. The van der Waals surface area contributed by atoms with Crippen LogP contribution in [0.2, 0.25) is 0 Å². The number of nitrogens with one attached hydrogen (secondary N) is 2. The Balaban J connectivity index is 1.46. The zero-order chi connectivity index (χ0) is 24.6. The molecule has 9 nitrogen and oxygen atoms in total. The van der Waals surface area contributed by atoms with Gasteiger partial charge in [0, 0.05) is 43.4 Å². The molecular formula is C24H22BrFN8O. The van der Waals surface area contributed by atoms with Crippen LogP contribution in [0.4, 0.5) is 10.3 Å². The van der Waals surface area contributed by atoms with E-state index in [1.54, 1.807) is 36.3 Å². The van der Waals surface area contributed by atoms with Gasteiger partial charge in [0.1, 0.15) is 10.1 Å². The highest BCUT2D eigenvalue weighted by Crippen LogP contribution is 2.43. The molecule has 1 aliphatic rings. The number of anilines is 1. The minimum Gasteiger partial charge on any atom is -0.359 e. The van der Waals surface area contributed by atoms with Crippen molar-refractivity contribution in [1.29, 1.82) is 5.26 Å². The van der Waals surface area contributed by atoms with Crippen molar-refractivity contribution in [2.45, 2.75) is 38.1 Å². The number of carbonyl (C=O) groups is 1. The lowest BCUT2D eigenvalue weighted by Crippen LogP contribution is -2.38. The summed E-state index contributed by atoms with van der Waals surface area (Å²) in [4.78, 5) is 25.8. The van der Waals surface area contributed by atoms with Crippen molar-refractivity contribution >= 4 is 49.7 Å². The molecule has 3 heterocycles. The number of benzene rings is 1. The monoisotopic (exact) mass is 536 g/mol. The van der Waals surface area contributed by atoms with E-state index in [1.165, 1.54) is 6.07 Å². The van der Waals surface area contributed by atoms with Crippen LogP contribution in [-0.4, -0.2) is 43.7 Å². The maximum absolute atomic E-state index is 14.7. The molecule has 1 saturated carbocycles. The molecule has 0 radical (unpaired) electrons. The van der Waals surface area contributed by atoms with Gasteiger partial charge in [-0.25, -0.2) is 14.1 Å². The molecule has 1 aliphatic carbocycles. The highest BCUT2D eigenvalue weighted by molar-refractivity contribution is 9.10. The van der Waals surface area contributed by atoms with Crippen molar-refractivity contribution in [3.05, 3.63) is 47.1 Å². The van der Waals surface area contributed by atoms with Gasteiger partial charge in [0.15, 0.2) is 11.5 Å². The van der Waals surface area contributed by atoms with Crippen LogP contribution in [0.5, 0.6) is 0 Å². The Labute approximate surface area is 208 Å². The summed E-state index contributed by atoms with van der Waals surface area (Å²) in [5.41, 5.74) is 0.741. The maximum Gasteiger partial charge on any atom is 0.226 e. The first kappa shape index (κ1) is 23.1. The lowest BCUT2D eigenvalue weighted by Gasteiger charge is -2.26. The number of nitriles is 1. The Morgan fingerprint density at radius 2 is 2.26 bits per heavy atom. The predicted octanol–water partition coefficient (Wildman–Crippen LogP) is 4.27. The Kier molecular flexibility index (Phi) is 6.06. The highest BCUT2D eigenvalue weighted by Gasteiger charge is 2.44. The summed E-state index contributed by atoms with van der Waals surface area (Å²) in [6.45, 7) is 0. The first-order chi connectivity index (χ1) is 16.9. The van der Waals surface area contributed by atoms with E-state index in [-0.39, 0.29) is 11.9 Å². The van der Waals surface area contributed by atoms with Crippen LogP contribution in [0.3, 0.4) is 0 Å². The molecule has 1 amide bonds. The van der Waals surface area contributed by atoms with Crippen molar-refractivity contribution in [3.63, 3.8) is 0 Å². The van der Waals surface area contributed by atoms with Crippen molar-refractivity contribution < 1.29 is 9.18 Å². The van der Waals surface area contributed by atoms with Crippen LogP contribution < -0.4 is 10.6 Å². The van der Waals surface area contributed by atoms with Crippen molar-refractivity contribution in [2.24, 2.45) is 5.41 Å². The minimum absolute atomic E-state index is 0.0209. The lowest BCUT2D eigenvalue weighted by molar-refractivity contribution is -0.130. The molecule has 1 fully saturated rings. The molecule has 4 aromatic rings. The van der Waals surface area contributed by atoms with E-state index in [1.807, 2.05) is 6.07 Å². The first-order valence-electron chi connectivity index (χ1n) is 11.3. The second-order valence-electron chi connectivity index (χ2n) is 8.74. The van der Waals surface area contributed by atoms with Crippen LogP contribution in [-0.2, 0) is 4.79 Å². The number of hydrogen-bond acceptors (Lipinski definition) is 7. The fourth-order valence-electron chi connectivity index (χ4n) is 4.91. The zero-order valence-corrected chi connectivity index (χ0v) is 20.5. The van der Waals surface area contributed by atoms with Gasteiger partial charge in [-0.05, 0) is 53.7 Å². The van der Waals surface area contributed by atoms with Gasteiger partial charge < -0.3 is 10.6 Å². The molecule has 2 N–H and O–H groups in total. The topological polar surface area (TPSA) is 121 Å². The third-order valence-corrected chi connectivity index (χ3v) is 7.22. The van der Waals surface area contributed by atoms with Crippen LogP contribution in [0.1, 0.15) is 32.1 Å². The normalized spacial score (nSPS) is 19.7. The second-order valence-corrected chi connectivity index (χ2v) is 9.49. The average molecular weight is 537 g/mol. The summed E-state index contributed by atoms with van der Waals surface area (Å²) in [6.07, 6.45) is 6.08. The van der Waals surface area contributed by atoms with Crippen LogP contribution in [0.15, 0.2) is 41.3 Å². The Bertz CT molecular complexity index is 1480. The van der Waals surface area contributed by atoms with Crippen LogP contribution in [0.25, 0.3) is 27.6 Å². The summed E-state index contributed by atoms with van der Waals surface area (Å²) in [6, 6.07) is 8.87. The number of pyridine rings is 1. The lowest BCUT2D eigenvalue weighted by atomic mass is 9.80. The van der Waals surface area contributed by atoms with E-state index in [2.05, 4.69) is 52.7 Å². The standard InChI is InChI=1S/C24H22BrFN8O/c1-28-22(35)24(6-3-8-27)7-5-15(12-24)31-23-30-13-17-20(25)33-34(21(17)32-23)16-10-14-4-2-9-29-19(14)18(26)11-16/h2,4,9-11,13,15H,3,5-7,12H2,1H3,(H,28,35)(H,30,31,32)/t15-,24-/m1/s1. The van der Waals surface area contributed by atoms with Gasteiger partial charge in [0.25, 0.3) is 0 Å². The number of aromatic nitrogens is 5. The highest BCUT2D eigenvalue weighted by atomic mass is 79.9. The van der Waals surface area contributed by atoms with Gasteiger partial charge in [-0.15, -0.1) is 0 Å². The zero-order valence-electron chi connectivity index (χ0n) is 18.9. The summed E-state index contributed by atoms with van der Waals surface area (Å²) in [5, 5.41) is 21.0. The van der Waals surface area contributed by atoms with Crippen molar-refractivity contribution in [1.82, 2.24) is 30.0 Å². The van der Waals surface area contributed by atoms with Crippen LogP contribution in [0, 0.1) is 22.6 Å². The quantitative estimate of drug-likeness (QED) is 0.377. The van der Waals surface area contributed by atoms with Crippen molar-refractivity contribution in [2.75, 3.05) is 12.4 Å². The fourth-order valence-corrected chi connectivity index (χ4v) is 5.35. The molecular weight excluding hydrogens is 515 g/mol.